The van der Waals surface area contributed by atoms with Crippen molar-refractivity contribution in [1.82, 2.24) is 4.90 Å². The summed E-state index contributed by atoms with van der Waals surface area (Å²) < 4.78 is 5.52. The van der Waals surface area contributed by atoms with Crippen molar-refractivity contribution < 1.29 is 9.53 Å². The smallest absolute Gasteiger partial charge is 0.306 e. The zero-order chi connectivity index (χ0) is 17.3. The van der Waals surface area contributed by atoms with Gasteiger partial charge in [0.15, 0.2) is 0 Å². The van der Waals surface area contributed by atoms with Crippen molar-refractivity contribution >= 4 is 5.97 Å². The standard InChI is InChI=1S/C22H31NO2/c1-23(22-14-18-11-19(15-22)13-20(12-18)16-22)9-10-25-21(24)8-7-17-5-3-2-4-6-17/h2-6,18-20H,7-16H2,1H3. The summed E-state index contributed by atoms with van der Waals surface area (Å²) in [4.78, 5) is 14.5. The number of ether oxygens (including phenoxy) is 1. The highest BCUT2D eigenvalue weighted by molar-refractivity contribution is 5.69. The number of rotatable bonds is 7. The van der Waals surface area contributed by atoms with E-state index in [-0.39, 0.29) is 5.97 Å². The summed E-state index contributed by atoms with van der Waals surface area (Å²) in [5.41, 5.74) is 1.61. The van der Waals surface area contributed by atoms with Crippen molar-refractivity contribution in [2.45, 2.75) is 56.9 Å². The Morgan fingerprint density at radius 1 is 1.08 bits per heavy atom. The number of carbonyl (C=O) groups is 1. The molecular formula is C22H31NO2. The first-order valence-electron chi connectivity index (χ1n) is 10.0. The number of nitrogens with zero attached hydrogens (tertiary/aromatic N) is 1. The maximum absolute atomic E-state index is 12.0. The Labute approximate surface area is 151 Å². The molecule has 0 saturated heterocycles. The molecule has 5 rings (SSSR count). The molecule has 4 fully saturated rings. The number of hydrogen-bond donors (Lipinski definition) is 0. The number of aryl methyl sites for hydroxylation is 1. The van der Waals surface area contributed by atoms with Gasteiger partial charge in [-0.2, -0.15) is 0 Å². The molecule has 0 spiro atoms. The largest absolute Gasteiger partial charge is 0.464 e. The molecule has 4 aliphatic rings. The van der Waals surface area contributed by atoms with Gasteiger partial charge in [0.2, 0.25) is 0 Å². The van der Waals surface area contributed by atoms with Crippen LogP contribution in [-0.4, -0.2) is 36.6 Å². The lowest BCUT2D eigenvalue weighted by molar-refractivity contribution is -0.145. The third-order valence-corrected chi connectivity index (χ3v) is 6.97. The van der Waals surface area contributed by atoms with Crippen LogP contribution in [0.3, 0.4) is 0 Å². The van der Waals surface area contributed by atoms with E-state index in [1.807, 2.05) is 18.2 Å². The summed E-state index contributed by atoms with van der Waals surface area (Å²) in [6.07, 6.45) is 9.78. The van der Waals surface area contributed by atoms with E-state index in [2.05, 4.69) is 24.1 Å². The lowest BCUT2D eigenvalue weighted by atomic mass is 9.52. The van der Waals surface area contributed by atoms with Gasteiger partial charge in [0.25, 0.3) is 0 Å². The number of likely N-dealkylation sites (N-methyl/N-ethyl adjacent to an activating group) is 1. The highest BCUT2D eigenvalue weighted by atomic mass is 16.5. The van der Waals surface area contributed by atoms with Gasteiger partial charge < -0.3 is 4.74 Å². The van der Waals surface area contributed by atoms with Crippen LogP contribution in [0.25, 0.3) is 0 Å². The molecule has 1 aromatic carbocycles. The van der Waals surface area contributed by atoms with Gasteiger partial charge in [0, 0.05) is 18.5 Å². The molecule has 0 N–H and O–H groups in total. The Morgan fingerprint density at radius 3 is 2.28 bits per heavy atom. The Bertz CT molecular complexity index is 562. The number of benzene rings is 1. The van der Waals surface area contributed by atoms with Gasteiger partial charge in [-0.1, -0.05) is 30.3 Å². The van der Waals surface area contributed by atoms with Crippen LogP contribution in [0.2, 0.25) is 0 Å². The Hall–Kier alpha value is -1.35. The molecule has 4 bridgehead atoms. The van der Waals surface area contributed by atoms with Gasteiger partial charge in [0.05, 0.1) is 0 Å². The van der Waals surface area contributed by atoms with E-state index in [1.165, 1.54) is 44.1 Å². The SMILES string of the molecule is CN(CCOC(=O)CCc1ccccc1)C12CC3CC(CC(C3)C1)C2. The molecule has 4 saturated carbocycles. The van der Waals surface area contributed by atoms with Crippen LogP contribution in [0, 0.1) is 17.8 Å². The van der Waals surface area contributed by atoms with E-state index >= 15 is 0 Å². The predicted molar refractivity (Wildman–Crippen MR) is 99.3 cm³/mol. The zero-order valence-corrected chi connectivity index (χ0v) is 15.5. The fourth-order valence-electron chi connectivity index (χ4n) is 6.03. The van der Waals surface area contributed by atoms with Crippen LogP contribution in [0.1, 0.15) is 50.5 Å². The molecule has 0 heterocycles. The Morgan fingerprint density at radius 2 is 1.68 bits per heavy atom. The van der Waals surface area contributed by atoms with Crippen LogP contribution in [0.15, 0.2) is 30.3 Å². The molecule has 0 unspecified atom stereocenters. The van der Waals surface area contributed by atoms with Crippen molar-refractivity contribution in [2.24, 2.45) is 17.8 Å². The van der Waals surface area contributed by atoms with Crippen LogP contribution in [-0.2, 0) is 16.0 Å². The van der Waals surface area contributed by atoms with Crippen LogP contribution >= 0.6 is 0 Å². The average Bonchev–Trinajstić information content (AvgIpc) is 2.59. The summed E-state index contributed by atoms with van der Waals surface area (Å²) in [5, 5.41) is 0. The van der Waals surface area contributed by atoms with Crippen molar-refractivity contribution in [2.75, 3.05) is 20.2 Å². The average molecular weight is 341 g/mol. The van der Waals surface area contributed by atoms with Gasteiger partial charge in [0.1, 0.15) is 6.61 Å². The molecule has 3 nitrogen and oxygen atoms in total. The van der Waals surface area contributed by atoms with Crippen molar-refractivity contribution in [3.05, 3.63) is 35.9 Å². The van der Waals surface area contributed by atoms with E-state index in [0.29, 0.717) is 18.6 Å². The molecule has 0 amide bonds. The Balaban J connectivity index is 1.21. The molecular weight excluding hydrogens is 310 g/mol. The molecule has 136 valence electrons. The number of hydrogen-bond acceptors (Lipinski definition) is 3. The fraction of sp³-hybridized carbons (Fsp3) is 0.682. The lowest BCUT2D eigenvalue weighted by Crippen LogP contribution is -2.59. The molecule has 0 radical (unpaired) electrons. The van der Waals surface area contributed by atoms with Gasteiger partial charge in [-0.05, 0) is 75.3 Å². The van der Waals surface area contributed by atoms with Crippen LogP contribution < -0.4 is 0 Å². The van der Waals surface area contributed by atoms with Crippen LogP contribution in [0.5, 0.6) is 0 Å². The number of carbonyl (C=O) groups excluding carboxylic acids is 1. The molecule has 0 atom stereocenters. The Kier molecular flexibility index (Phi) is 4.86. The summed E-state index contributed by atoms with van der Waals surface area (Å²) >= 11 is 0. The quantitative estimate of drug-likeness (QED) is 0.700. The van der Waals surface area contributed by atoms with E-state index in [4.69, 9.17) is 4.74 Å². The lowest BCUT2D eigenvalue weighted by Gasteiger charge is -2.60. The highest BCUT2D eigenvalue weighted by Crippen LogP contribution is 2.57. The molecule has 25 heavy (non-hydrogen) atoms. The van der Waals surface area contributed by atoms with Crippen molar-refractivity contribution in [3.8, 4) is 0 Å². The maximum Gasteiger partial charge on any atom is 0.306 e. The van der Waals surface area contributed by atoms with Gasteiger partial charge in [-0.3, -0.25) is 9.69 Å². The first kappa shape index (κ1) is 17.1. The minimum Gasteiger partial charge on any atom is -0.464 e. The zero-order valence-electron chi connectivity index (χ0n) is 15.5. The van der Waals surface area contributed by atoms with Gasteiger partial charge in [-0.15, -0.1) is 0 Å². The van der Waals surface area contributed by atoms with Crippen molar-refractivity contribution in [1.29, 1.82) is 0 Å². The summed E-state index contributed by atoms with van der Waals surface area (Å²) in [6, 6.07) is 10.2. The normalized spacial score (nSPS) is 33.0. The van der Waals surface area contributed by atoms with Gasteiger partial charge >= 0.3 is 5.97 Å². The maximum atomic E-state index is 12.0. The number of esters is 1. The monoisotopic (exact) mass is 341 g/mol. The molecule has 0 aromatic heterocycles. The minimum atomic E-state index is -0.0669. The topological polar surface area (TPSA) is 29.5 Å². The first-order chi connectivity index (χ1) is 12.1. The first-order valence-corrected chi connectivity index (χ1v) is 10.0. The van der Waals surface area contributed by atoms with E-state index < -0.39 is 0 Å². The summed E-state index contributed by atoms with van der Waals surface area (Å²) in [5.74, 6) is 2.81. The molecule has 0 aliphatic heterocycles. The third kappa shape index (κ3) is 3.76. The second-order valence-corrected chi connectivity index (χ2v) is 8.77. The minimum absolute atomic E-state index is 0.0669. The van der Waals surface area contributed by atoms with E-state index in [1.54, 1.807) is 0 Å². The van der Waals surface area contributed by atoms with E-state index in [0.717, 1.165) is 30.7 Å². The molecule has 1 aromatic rings. The second kappa shape index (κ2) is 7.11. The predicted octanol–water partition coefficient (Wildman–Crippen LogP) is 4.06. The highest BCUT2D eigenvalue weighted by Gasteiger charge is 2.52. The summed E-state index contributed by atoms with van der Waals surface area (Å²) in [7, 11) is 2.25. The third-order valence-electron chi connectivity index (χ3n) is 6.97. The summed E-state index contributed by atoms with van der Waals surface area (Å²) in [6.45, 7) is 1.41. The van der Waals surface area contributed by atoms with E-state index in [9.17, 15) is 4.79 Å². The van der Waals surface area contributed by atoms with Crippen LogP contribution in [0.4, 0.5) is 0 Å². The van der Waals surface area contributed by atoms with Crippen molar-refractivity contribution in [3.63, 3.8) is 0 Å². The second-order valence-electron chi connectivity index (χ2n) is 8.77. The molecule has 3 heteroatoms. The fourth-order valence-corrected chi connectivity index (χ4v) is 6.03. The van der Waals surface area contributed by atoms with Gasteiger partial charge in [-0.25, -0.2) is 0 Å². The molecule has 4 aliphatic carbocycles.